The van der Waals surface area contributed by atoms with Crippen LogP contribution in [0.3, 0.4) is 0 Å². The third-order valence-electron chi connectivity index (χ3n) is 4.06. The largest absolute Gasteiger partial charge is 0.341 e. The number of carbonyl (C=O) groups is 1. The first-order chi connectivity index (χ1) is 11.5. The summed E-state index contributed by atoms with van der Waals surface area (Å²) in [6.45, 7) is 6.08. The van der Waals surface area contributed by atoms with Gasteiger partial charge in [-0.25, -0.2) is 0 Å². The third-order valence-corrected chi connectivity index (χ3v) is 5.21. The zero-order chi connectivity index (χ0) is 17.1. The van der Waals surface area contributed by atoms with Gasteiger partial charge < -0.3 is 4.90 Å². The van der Waals surface area contributed by atoms with Crippen LogP contribution in [0.15, 0.2) is 29.4 Å². The predicted octanol–water partition coefficient (Wildman–Crippen LogP) is 2.91. The fraction of sp³-hybridized carbons (Fsp3) is 0.500. The smallest absolute Gasteiger partial charge is 0.233 e. The second kappa shape index (κ2) is 7.53. The van der Waals surface area contributed by atoms with Crippen molar-refractivity contribution < 1.29 is 4.79 Å². The van der Waals surface area contributed by atoms with E-state index in [2.05, 4.69) is 29.4 Å². The van der Waals surface area contributed by atoms with Crippen LogP contribution in [0.1, 0.15) is 20.3 Å². The SMILES string of the molecule is C[C@H]1C[C@H](C)CN(C(=O)CSc2nnnn2-c2ccc(Cl)cc2)C1. The van der Waals surface area contributed by atoms with Crippen LogP contribution < -0.4 is 0 Å². The minimum absolute atomic E-state index is 0.143. The van der Waals surface area contributed by atoms with E-state index in [0.717, 1.165) is 18.8 Å². The highest BCUT2D eigenvalue weighted by Crippen LogP contribution is 2.24. The van der Waals surface area contributed by atoms with Gasteiger partial charge in [0.1, 0.15) is 0 Å². The lowest BCUT2D eigenvalue weighted by atomic mass is 9.92. The molecule has 24 heavy (non-hydrogen) atoms. The van der Waals surface area contributed by atoms with Crippen molar-refractivity contribution in [1.82, 2.24) is 25.1 Å². The number of amides is 1. The zero-order valence-corrected chi connectivity index (χ0v) is 15.3. The van der Waals surface area contributed by atoms with E-state index in [1.165, 1.54) is 18.2 Å². The fourth-order valence-corrected chi connectivity index (χ4v) is 4.02. The van der Waals surface area contributed by atoms with Crippen LogP contribution in [-0.2, 0) is 4.79 Å². The van der Waals surface area contributed by atoms with Gasteiger partial charge in [-0.15, -0.1) is 5.10 Å². The number of hydrogen-bond acceptors (Lipinski definition) is 5. The number of thioether (sulfide) groups is 1. The maximum absolute atomic E-state index is 12.5. The van der Waals surface area contributed by atoms with E-state index >= 15 is 0 Å². The first-order valence-electron chi connectivity index (χ1n) is 7.98. The summed E-state index contributed by atoms with van der Waals surface area (Å²) in [5.74, 6) is 1.60. The van der Waals surface area contributed by atoms with Gasteiger partial charge in [0.25, 0.3) is 0 Å². The Balaban J connectivity index is 1.64. The highest BCUT2D eigenvalue weighted by molar-refractivity contribution is 7.99. The lowest BCUT2D eigenvalue weighted by Gasteiger charge is -2.34. The Morgan fingerprint density at radius 1 is 1.25 bits per heavy atom. The maximum atomic E-state index is 12.5. The minimum Gasteiger partial charge on any atom is -0.341 e. The van der Waals surface area contributed by atoms with Crippen molar-refractivity contribution in [2.24, 2.45) is 11.8 Å². The quantitative estimate of drug-likeness (QED) is 0.779. The minimum atomic E-state index is 0.143. The van der Waals surface area contributed by atoms with Gasteiger partial charge in [-0.2, -0.15) is 4.68 Å². The predicted molar refractivity (Wildman–Crippen MR) is 94.4 cm³/mol. The molecule has 2 aromatic rings. The monoisotopic (exact) mass is 365 g/mol. The highest BCUT2D eigenvalue weighted by atomic mass is 35.5. The summed E-state index contributed by atoms with van der Waals surface area (Å²) in [6.07, 6.45) is 1.19. The Morgan fingerprint density at radius 3 is 2.58 bits per heavy atom. The van der Waals surface area contributed by atoms with E-state index in [-0.39, 0.29) is 5.91 Å². The number of likely N-dealkylation sites (tertiary alicyclic amines) is 1. The van der Waals surface area contributed by atoms with Crippen molar-refractivity contribution >= 4 is 29.3 Å². The summed E-state index contributed by atoms with van der Waals surface area (Å²) in [4.78, 5) is 14.4. The van der Waals surface area contributed by atoms with Crippen LogP contribution in [-0.4, -0.2) is 49.9 Å². The molecule has 6 nitrogen and oxygen atoms in total. The van der Waals surface area contributed by atoms with E-state index in [9.17, 15) is 4.79 Å². The third kappa shape index (κ3) is 4.08. The molecule has 2 heterocycles. The number of rotatable bonds is 4. The van der Waals surface area contributed by atoms with Crippen LogP contribution in [0.25, 0.3) is 5.69 Å². The van der Waals surface area contributed by atoms with Gasteiger partial charge in [-0.05, 0) is 52.9 Å². The summed E-state index contributed by atoms with van der Waals surface area (Å²) in [6, 6.07) is 7.26. The second-order valence-corrected chi connectivity index (χ2v) is 7.76. The lowest BCUT2D eigenvalue weighted by molar-refractivity contribution is -0.130. The summed E-state index contributed by atoms with van der Waals surface area (Å²) in [5, 5.41) is 13.0. The number of tetrazole rings is 1. The van der Waals surface area contributed by atoms with Crippen molar-refractivity contribution in [3.8, 4) is 5.69 Å². The van der Waals surface area contributed by atoms with Crippen molar-refractivity contribution in [3.63, 3.8) is 0 Å². The lowest BCUT2D eigenvalue weighted by Crippen LogP contribution is -2.43. The molecule has 0 aliphatic carbocycles. The molecular formula is C16H20ClN5OS. The van der Waals surface area contributed by atoms with Crippen molar-refractivity contribution in [3.05, 3.63) is 29.3 Å². The Bertz CT molecular complexity index is 695. The number of carbonyl (C=O) groups excluding carboxylic acids is 1. The molecule has 0 radical (unpaired) electrons. The molecule has 128 valence electrons. The molecule has 1 aromatic heterocycles. The van der Waals surface area contributed by atoms with Crippen molar-refractivity contribution in [1.29, 1.82) is 0 Å². The Labute approximate surface area is 150 Å². The van der Waals surface area contributed by atoms with Crippen LogP contribution in [0.4, 0.5) is 0 Å². The van der Waals surface area contributed by atoms with Crippen molar-refractivity contribution in [2.45, 2.75) is 25.4 Å². The first kappa shape index (κ1) is 17.2. The molecule has 1 aliphatic rings. The van der Waals surface area contributed by atoms with Gasteiger partial charge in [-0.1, -0.05) is 37.2 Å². The van der Waals surface area contributed by atoms with Gasteiger partial charge in [0, 0.05) is 18.1 Å². The zero-order valence-electron chi connectivity index (χ0n) is 13.7. The second-order valence-electron chi connectivity index (χ2n) is 6.38. The summed E-state index contributed by atoms with van der Waals surface area (Å²) >= 11 is 7.27. The Hall–Kier alpha value is -1.60. The van der Waals surface area contributed by atoms with Gasteiger partial charge >= 0.3 is 0 Å². The molecule has 0 spiro atoms. The summed E-state index contributed by atoms with van der Waals surface area (Å²) in [5.41, 5.74) is 0.819. The number of aromatic nitrogens is 4. The molecule has 0 bridgehead atoms. The molecule has 0 saturated carbocycles. The average molecular weight is 366 g/mol. The standard InChI is InChI=1S/C16H20ClN5OS/c1-11-7-12(2)9-21(8-11)15(23)10-24-16-18-19-20-22(16)14-5-3-13(17)4-6-14/h3-6,11-12H,7-10H2,1-2H3/t11-,12-/m0/s1. The molecule has 2 atom stereocenters. The van der Waals surface area contributed by atoms with Crippen LogP contribution >= 0.6 is 23.4 Å². The molecule has 1 aliphatic heterocycles. The molecule has 1 saturated heterocycles. The van der Waals surface area contributed by atoms with Gasteiger partial charge in [0.05, 0.1) is 11.4 Å². The molecular weight excluding hydrogens is 346 g/mol. The number of nitrogens with zero attached hydrogens (tertiary/aromatic N) is 5. The normalized spacial score (nSPS) is 21.0. The van der Waals surface area contributed by atoms with E-state index in [1.54, 1.807) is 16.8 Å². The average Bonchev–Trinajstić information content (AvgIpc) is 3.01. The molecule has 8 heteroatoms. The fourth-order valence-electron chi connectivity index (χ4n) is 3.10. The van der Waals surface area contributed by atoms with E-state index in [1.807, 2.05) is 17.0 Å². The number of halogens is 1. The van der Waals surface area contributed by atoms with E-state index in [0.29, 0.717) is 27.8 Å². The Morgan fingerprint density at radius 2 is 1.92 bits per heavy atom. The van der Waals surface area contributed by atoms with Gasteiger partial charge in [0.2, 0.25) is 11.1 Å². The highest BCUT2D eigenvalue weighted by Gasteiger charge is 2.25. The molecule has 0 unspecified atom stereocenters. The van der Waals surface area contributed by atoms with Gasteiger partial charge in [-0.3, -0.25) is 4.79 Å². The van der Waals surface area contributed by atoms with E-state index < -0.39 is 0 Å². The van der Waals surface area contributed by atoms with Crippen molar-refractivity contribution in [2.75, 3.05) is 18.8 Å². The topological polar surface area (TPSA) is 63.9 Å². The Kier molecular flexibility index (Phi) is 5.40. The number of benzene rings is 1. The first-order valence-corrected chi connectivity index (χ1v) is 9.34. The van der Waals surface area contributed by atoms with Crippen LogP contribution in [0, 0.1) is 11.8 Å². The van der Waals surface area contributed by atoms with E-state index in [4.69, 9.17) is 11.6 Å². The molecule has 1 fully saturated rings. The molecule has 1 aromatic carbocycles. The molecule has 3 rings (SSSR count). The maximum Gasteiger partial charge on any atom is 0.233 e. The van der Waals surface area contributed by atoms with Crippen LogP contribution in [0.5, 0.6) is 0 Å². The molecule has 0 N–H and O–H groups in total. The summed E-state index contributed by atoms with van der Waals surface area (Å²) in [7, 11) is 0. The number of piperidine rings is 1. The van der Waals surface area contributed by atoms with Gasteiger partial charge in [0.15, 0.2) is 0 Å². The molecule has 1 amide bonds. The summed E-state index contributed by atoms with van der Waals surface area (Å²) < 4.78 is 1.62. The number of hydrogen-bond donors (Lipinski definition) is 0. The van der Waals surface area contributed by atoms with Crippen LogP contribution in [0.2, 0.25) is 5.02 Å².